The molecule has 1 heterocycles. The number of nitrogens with zero attached hydrogens (tertiary/aromatic N) is 4. The van der Waals surface area contributed by atoms with Gasteiger partial charge in [-0.2, -0.15) is 0 Å². The maximum atomic E-state index is 12.3. The number of non-ortho nitro benzene ring substituents is 1. The van der Waals surface area contributed by atoms with E-state index in [2.05, 4.69) is 26.1 Å². The zero-order valence-electron chi connectivity index (χ0n) is 15.2. The third-order valence-electron chi connectivity index (χ3n) is 3.82. The molecule has 0 aliphatic rings. The molecule has 0 bridgehead atoms. The Morgan fingerprint density at radius 1 is 0.968 bits per heavy atom. The molecule has 3 N–H and O–H groups in total. The van der Waals surface area contributed by atoms with Gasteiger partial charge >= 0.3 is 5.69 Å². The molecule has 3 aromatic rings. The molecule has 0 unspecified atom stereocenters. The largest absolute Gasteiger partial charge is 0.355 e. The number of amides is 1. The highest BCUT2D eigenvalue weighted by atomic mass is 35.5. The van der Waals surface area contributed by atoms with E-state index in [4.69, 9.17) is 23.2 Å². The number of nitro groups is 2. The first-order chi connectivity index (χ1) is 14.8. The van der Waals surface area contributed by atoms with Crippen molar-refractivity contribution in [1.82, 2.24) is 15.4 Å². The summed E-state index contributed by atoms with van der Waals surface area (Å²) in [7, 11) is 0. The van der Waals surface area contributed by atoms with Gasteiger partial charge in [0.15, 0.2) is 0 Å². The van der Waals surface area contributed by atoms with E-state index >= 15 is 0 Å². The fourth-order valence-electron chi connectivity index (χ4n) is 2.41. The monoisotopic (exact) mass is 463 g/mol. The standard InChI is InChI=1S/C17H11Cl2N7O5/c18-11-5-2-6-12(13(11)19)22-15-14(26(30)31)16(21-8-20-15)23-24-17(27)9-3-1-4-10(7-9)25(28)29/h1-8H,(H,24,27)(H2,20,21,22,23). The molecule has 0 saturated heterocycles. The molecule has 0 aliphatic heterocycles. The topological polar surface area (TPSA) is 165 Å². The van der Waals surface area contributed by atoms with Crippen LogP contribution in [0.15, 0.2) is 48.8 Å². The third-order valence-corrected chi connectivity index (χ3v) is 4.64. The number of aromatic nitrogens is 2. The summed E-state index contributed by atoms with van der Waals surface area (Å²) < 4.78 is 0. The molecule has 14 heteroatoms. The van der Waals surface area contributed by atoms with Crippen molar-refractivity contribution in [2.24, 2.45) is 0 Å². The minimum atomic E-state index is -0.774. The molecule has 158 valence electrons. The fourth-order valence-corrected chi connectivity index (χ4v) is 2.76. The van der Waals surface area contributed by atoms with Crippen LogP contribution in [0.4, 0.5) is 28.7 Å². The van der Waals surface area contributed by atoms with Gasteiger partial charge < -0.3 is 5.32 Å². The molecule has 1 aromatic heterocycles. The smallest absolute Gasteiger partial charge is 0.333 e. The quantitative estimate of drug-likeness (QED) is 0.345. The lowest BCUT2D eigenvalue weighted by atomic mass is 10.2. The van der Waals surface area contributed by atoms with Gasteiger partial charge in [0.2, 0.25) is 11.6 Å². The van der Waals surface area contributed by atoms with Crippen molar-refractivity contribution < 1.29 is 14.6 Å². The third kappa shape index (κ3) is 4.94. The lowest BCUT2D eigenvalue weighted by molar-refractivity contribution is -0.384. The van der Waals surface area contributed by atoms with Crippen molar-refractivity contribution in [3.8, 4) is 0 Å². The predicted octanol–water partition coefficient (Wildman–Crippen LogP) is 4.10. The molecule has 0 fully saturated rings. The Kier molecular flexibility index (Phi) is 6.43. The van der Waals surface area contributed by atoms with E-state index in [0.29, 0.717) is 0 Å². The van der Waals surface area contributed by atoms with Crippen LogP contribution in [-0.2, 0) is 0 Å². The van der Waals surface area contributed by atoms with Crippen LogP contribution >= 0.6 is 23.2 Å². The summed E-state index contributed by atoms with van der Waals surface area (Å²) in [6.07, 6.45) is 1.02. The number of halogens is 2. The Bertz CT molecular complexity index is 1190. The van der Waals surface area contributed by atoms with Crippen molar-refractivity contribution in [3.63, 3.8) is 0 Å². The summed E-state index contributed by atoms with van der Waals surface area (Å²) in [6.45, 7) is 0. The SMILES string of the molecule is O=C(NNc1ncnc(Nc2cccc(Cl)c2Cl)c1[N+](=O)[O-])c1cccc([N+](=O)[O-])c1. The first-order valence-corrected chi connectivity index (χ1v) is 9.04. The molecule has 1 amide bonds. The average Bonchev–Trinajstić information content (AvgIpc) is 2.75. The van der Waals surface area contributed by atoms with Crippen molar-refractivity contribution in [3.05, 3.63) is 84.6 Å². The second-order valence-electron chi connectivity index (χ2n) is 5.79. The van der Waals surface area contributed by atoms with Gasteiger partial charge in [-0.05, 0) is 18.2 Å². The first-order valence-electron chi connectivity index (χ1n) is 8.29. The van der Waals surface area contributed by atoms with E-state index in [0.717, 1.165) is 12.4 Å². The highest BCUT2D eigenvalue weighted by Crippen LogP contribution is 2.35. The van der Waals surface area contributed by atoms with Crippen LogP contribution in [-0.4, -0.2) is 25.7 Å². The predicted molar refractivity (Wildman–Crippen MR) is 113 cm³/mol. The Morgan fingerprint density at radius 2 is 1.68 bits per heavy atom. The minimum absolute atomic E-state index is 0.0394. The normalized spacial score (nSPS) is 10.3. The van der Waals surface area contributed by atoms with Crippen LogP contribution in [0.1, 0.15) is 10.4 Å². The van der Waals surface area contributed by atoms with Crippen LogP contribution in [0.25, 0.3) is 0 Å². The lowest BCUT2D eigenvalue weighted by Gasteiger charge is -2.12. The van der Waals surface area contributed by atoms with Crippen LogP contribution in [0.2, 0.25) is 10.0 Å². The summed E-state index contributed by atoms with van der Waals surface area (Å²) in [5.41, 5.74) is 3.89. The van der Waals surface area contributed by atoms with E-state index in [1.54, 1.807) is 12.1 Å². The first kappa shape index (κ1) is 21.7. The van der Waals surface area contributed by atoms with Gasteiger partial charge in [0.05, 0.1) is 25.6 Å². The van der Waals surface area contributed by atoms with Gasteiger partial charge in [-0.3, -0.25) is 35.9 Å². The molecule has 0 spiro atoms. The van der Waals surface area contributed by atoms with Crippen molar-refractivity contribution >= 4 is 57.8 Å². The zero-order valence-corrected chi connectivity index (χ0v) is 16.7. The number of nitro benzene ring substituents is 1. The van der Waals surface area contributed by atoms with E-state index in [-0.39, 0.29) is 38.6 Å². The van der Waals surface area contributed by atoms with Crippen molar-refractivity contribution in [1.29, 1.82) is 0 Å². The van der Waals surface area contributed by atoms with E-state index < -0.39 is 21.4 Å². The fraction of sp³-hybridized carbons (Fsp3) is 0. The number of carbonyl (C=O) groups is 1. The number of anilines is 3. The molecule has 31 heavy (non-hydrogen) atoms. The number of hydrogen-bond donors (Lipinski definition) is 3. The Morgan fingerprint density at radius 3 is 2.39 bits per heavy atom. The van der Waals surface area contributed by atoms with Crippen LogP contribution in [0, 0.1) is 20.2 Å². The van der Waals surface area contributed by atoms with Gasteiger partial charge in [-0.25, -0.2) is 9.97 Å². The molecule has 0 radical (unpaired) electrons. The Hall–Kier alpha value is -4.03. The highest BCUT2D eigenvalue weighted by Gasteiger charge is 2.24. The van der Waals surface area contributed by atoms with Gasteiger partial charge in [-0.15, -0.1) is 0 Å². The molecular formula is C17H11Cl2N7O5. The van der Waals surface area contributed by atoms with E-state index in [9.17, 15) is 25.0 Å². The maximum absolute atomic E-state index is 12.3. The minimum Gasteiger partial charge on any atom is -0.333 e. The van der Waals surface area contributed by atoms with E-state index in [1.165, 1.54) is 24.3 Å². The molecule has 0 aliphatic carbocycles. The van der Waals surface area contributed by atoms with Gasteiger partial charge in [-0.1, -0.05) is 35.3 Å². The average molecular weight is 464 g/mol. The summed E-state index contributed by atoms with van der Waals surface area (Å²) >= 11 is 12.0. The second kappa shape index (κ2) is 9.19. The van der Waals surface area contributed by atoms with Gasteiger partial charge in [0.25, 0.3) is 11.6 Å². The summed E-state index contributed by atoms with van der Waals surface area (Å²) in [6, 6.07) is 9.61. The number of carbonyl (C=O) groups excluding carboxylic acids is 1. The molecule has 0 atom stereocenters. The number of rotatable bonds is 7. The van der Waals surface area contributed by atoms with Crippen LogP contribution in [0.5, 0.6) is 0 Å². The van der Waals surface area contributed by atoms with Gasteiger partial charge in [0, 0.05) is 17.7 Å². The zero-order chi connectivity index (χ0) is 22.5. The number of nitrogens with one attached hydrogen (secondary N) is 3. The molecular weight excluding hydrogens is 453 g/mol. The molecule has 2 aromatic carbocycles. The highest BCUT2D eigenvalue weighted by molar-refractivity contribution is 6.43. The number of hydrazine groups is 1. The number of benzene rings is 2. The van der Waals surface area contributed by atoms with Crippen molar-refractivity contribution in [2.75, 3.05) is 10.7 Å². The van der Waals surface area contributed by atoms with Gasteiger partial charge in [0.1, 0.15) is 6.33 Å². The molecule has 3 rings (SSSR count). The van der Waals surface area contributed by atoms with Crippen LogP contribution in [0.3, 0.4) is 0 Å². The van der Waals surface area contributed by atoms with Crippen LogP contribution < -0.4 is 16.2 Å². The lowest BCUT2D eigenvalue weighted by Crippen LogP contribution is -2.30. The van der Waals surface area contributed by atoms with Crippen molar-refractivity contribution in [2.45, 2.75) is 0 Å². The summed E-state index contributed by atoms with van der Waals surface area (Å²) in [4.78, 5) is 40.9. The number of hydrogen-bond acceptors (Lipinski definition) is 9. The van der Waals surface area contributed by atoms with E-state index in [1.807, 2.05) is 0 Å². The molecule has 12 nitrogen and oxygen atoms in total. The summed E-state index contributed by atoms with van der Waals surface area (Å²) in [5, 5.41) is 25.5. The summed E-state index contributed by atoms with van der Waals surface area (Å²) in [5.74, 6) is -1.32. The Labute approximate surface area is 183 Å². The molecule has 0 saturated carbocycles. The maximum Gasteiger partial charge on any atom is 0.355 e. The second-order valence-corrected chi connectivity index (χ2v) is 6.57. The Balaban J connectivity index is 1.85.